The molecule has 0 atom stereocenters. The minimum Gasteiger partial charge on any atom is -0.340 e. The van der Waals surface area contributed by atoms with Crippen molar-refractivity contribution in [3.63, 3.8) is 0 Å². The minimum absolute atomic E-state index is 0.495. The van der Waals surface area contributed by atoms with E-state index in [-0.39, 0.29) is 0 Å². The normalized spacial score (nSPS) is 11.2. The van der Waals surface area contributed by atoms with Gasteiger partial charge in [-0.3, -0.25) is 5.01 Å². The molecule has 0 aliphatic carbocycles. The molecule has 1 aromatic heterocycles. The summed E-state index contributed by atoms with van der Waals surface area (Å²) < 4.78 is 0. The molecule has 0 saturated carbocycles. The van der Waals surface area contributed by atoms with Crippen molar-refractivity contribution in [2.24, 2.45) is 10.3 Å². The zero-order chi connectivity index (χ0) is 17.6. The lowest BCUT2D eigenvalue weighted by Gasteiger charge is -2.10. The Morgan fingerprint density at radius 2 is 2.04 bits per heavy atom. The van der Waals surface area contributed by atoms with E-state index in [2.05, 4.69) is 25.6 Å². The second kappa shape index (κ2) is 8.09. The molecule has 0 saturated heterocycles. The molecule has 0 spiro atoms. The number of nitrogens with zero attached hydrogens (tertiary/aromatic N) is 5. The van der Waals surface area contributed by atoms with E-state index in [9.17, 15) is 0 Å². The van der Waals surface area contributed by atoms with Crippen LogP contribution in [0, 0.1) is 0 Å². The van der Waals surface area contributed by atoms with Crippen LogP contribution >= 0.6 is 23.2 Å². The van der Waals surface area contributed by atoms with Crippen molar-refractivity contribution in [3.05, 3.63) is 53.8 Å². The van der Waals surface area contributed by atoms with Crippen LogP contribution in [0.15, 0.2) is 59.1 Å². The summed E-state index contributed by atoms with van der Waals surface area (Å²) in [5, 5.41) is 14.8. The Balaban J connectivity index is 1.92. The van der Waals surface area contributed by atoms with Crippen LogP contribution < -0.4 is 5.32 Å². The average molecular weight is 375 g/mol. The number of aromatic nitrogens is 2. The SMILES string of the molecule is CN(CCCl)N=Nc1ccc2ncnc(Nc3cccc(Cl)c3)c2c1. The first-order valence-electron chi connectivity index (χ1n) is 7.62. The van der Waals surface area contributed by atoms with E-state index in [1.54, 1.807) is 5.01 Å². The van der Waals surface area contributed by atoms with Crippen LogP contribution in [0.4, 0.5) is 17.2 Å². The van der Waals surface area contributed by atoms with E-state index in [1.165, 1.54) is 6.33 Å². The number of alkyl halides is 1. The highest BCUT2D eigenvalue weighted by atomic mass is 35.5. The van der Waals surface area contributed by atoms with Crippen LogP contribution in [0.1, 0.15) is 0 Å². The lowest BCUT2D eigenvalue weighted by molar-refractivity contribution is 0.353. The third-order valence-corrected chi connectivity index (χ3v) is 3.83. The summed E-state index contributed by atoms with van der Waals surface area (Å²) in [6.07, 6.45) is 1.52. The monoisotopic (exact) mass is 374 g/mol. The molecule has 0 aliphatic rings. The van der Waals surface area contributed by atoms with Gasteiger partial charge in [-0.15, -0.1) is 16.7 Å². The smallest absolute Gasteiger partial charge is 0.141 e. The Hall–Kier alpha value is -2.44. The van der Waals surface area contributed by atoms with Gasteiger partial charge in [0, 0.05) is 29.0 Å². The van der Waals surface area contributed by atoms with E-state index >= 15 is 0 Å². The van der Waals surface area contributed by atoms with Crippen LogP contribution in [0.25, 0.3) is 10.9 Å². The Labute approximate surface area is 155 Å². The number of anilines is 2. The van der Waals surface area contributed by atoms with Gasteiger partial charge in [0.15, 0.2) is 0 Å². The standard InChI is InChI=1S/C17H16Cl2N6/c1-25(8-7-18)24-23-14-5-6-16-15(10-14)17(21-11-20-16)22-13-4-2-3-12(19)9-13/h2-6,9-11H,7-8H2,1H3,(H,20,21,22). The second-order valence-electron chi connectivity index (χ2n) is 5.32. The Morgan fingerprint density at radius 1 is 1.16 bits per heavy atom. The largest absolute Gasteiger partial charge is 0.340 e. The molecule has 1 heterocycles. The van der Waals surface area contributed by atoms with Crippen molar-refractivity contribution in [1.29, 1.82) is 0 Å². The predicted molar refractivity (Wildman–Crippen MR) is 102 cm³/mol. The highest BCUT2D eigenvalue weighted by Crippen LogP contribution is 2.27. The first-order valence-corrected chi connectivity index (χ1v) is 8.53. The van der Waals surface area contributed by atoms with Crippen molar-refractivity contribution < 1.29 is 0 Å². The lowest BCUT2D eigenvalue weighted by atomic mass is 10.2. The van der Waals surface area contributed by atoms with Gasteiger partial charge in [0.2, 0.25) is 0 Å². The fourth-order valence-electron chi connectivity index (χ4n) is 2.20. The van der Waals surface area contributed by atoms with E-state index < -0.39 is 0 Å². The summed E-state index contributed by atoms with van der Waals surface area (Å²) in [6.45, 7) is 0.628. The highest BCUT2D eigenvalue weighted by molar-refractivity contribution is 6.30. The maximum Gasteiger partial charge on any atom is 0.141 e. The van der Waals surface area contributed by atoms with E-state index in [0.29, 0.717) is 29.0 Å². The van der Waals surface area contributed by atoms with E-state index in [0.717, 1.165) is 16.6 Å². The zero-order valence-electron chi connectivity index (χ0n) is 13.5. The summed E-state index contributed by atoms with van der Waals surface area (Å²) in [6, 6.07) is 13.1. The molecule has 6 nitrogen and oxygen atoms in total. The van der Waals surface area contributed by atoms with Gasteiger partial charge in [0.25, 0.3) is 0 Å². The molecule has 2 aromatic carbocycles. The van der Waals surface area contributed by atoms with Crippen LogP contribution in [-0.4, -0.2) is 34.4 Å². The maximum absolute atomic E-state index is 6.04. The van der Waals surface area contributed by atoms with Crippen LogP contribution in [0.2, 0.25) is 5.02 Å². The van der Waals surface area contributed by atoms with Crippen LogP contribution in [-0.2, 0) is 0 Å². The van der Waals surface area contributed by atoms with Crippen molar-refractivity contribution in [2.45, 2.75) is 0 Å². The van der Waals surface area contributed by atoms with Crippen molar-refractivity contribution in [3.8, 4) is 0 Å². The van der Waals surface area contributed by atoms with Gasteiger partial charge in [-0.1, -0.05) is 22.9 Å². The van der Waals surface area contributed by atoms with Crippen LogP contribution in [0.5, 0.6) is 0 Å². The number of benzene rings is 2. The highest BCUT2D eigenvalue weighted by Gasteiger charge is 2.06. The Bertz CT molecular complexity index is 899. The summed E-state index contributed by atoms with van der Waals surface area (Å²) in [7, 11) is 1.82. The minimum atomic E-state index is 0.495. The topological polar surface area (TPSA) is 65.8 Å². The third kappa shape index (κ3) is 4.55. The first-order chi connectivity index (χ1) is 12.2. The fourth-order valence-corrected chi connectivity index (χ4v) is 2.64. The van der Waals surface area contributed by atoms with Gasteiger partial charge in [-0.05, 0) is 36.4 Å². The maximum atomic E-state index is 6.04. The van der Waals surface area contributed by atoms with Gasteiger partial charge in [-0.2, -0.15) is 0 Å². The summed E-state index contributed by atoms with van der Waals surface area (Å²) >= 11 is 11.7. The third-order valence-electron chi connectivity index (χ3n) is 3.43. The Kier molecular flexibility index (Phi) is 5.63. The zero-order valence-corrected chi connectivity index (χ0v) is 15.0. The second-order valence-corrected chi connectivity index (χ2v) is 6.13. The predicted octanol–water partition coefficient (Wildman–Crippen LogP) is 5.20. The Morgan fingerprint density at radius 3 is 2.84 bits per heavy atom. The van der Waals surface area contributed by atoms with E-state index in [1.807, 2.05) is 49.5 Å². The number of nitrogens with one attached hydrogen (secondary N) is 1. The summed E-state index contributed by atoms with van der Waals surface area (Å²) in [5.74, 6) is 1.17. The van der Waals surface area contributed by atoms with Gasteiger partial charge in [0.1, 0.15) is 12.1 Å². The fraction of sp³-hybridized carbons (Fsp3) is 0.176. The van der Waals surface area contributed by atoms with Gasteiger partial charge >= 0.3 is 0 Å². The molecule has 3 aromatic rings. The quantitative estimate of drug-likeness (QED) is 0.366. The van der Waals surface area contributed by atoms with Gasteiger partial charge in [-0.25, -0.2) is 9.97 Å². The number of rotatable bonds is 6. The average Bonchev–Trinajstić information content (AvgIpc) is 2.61. The summed E-state index contributed by atoms with van der Waals surface area (Å²) in [5.41, 5.74) is 2.37. The molecule has 0 fully saturated rings. The molecule has 1 N–H and O–H groups in total. The van der Waals surface area contributed by atoms with Crippen molar-refractivity contribution in [1.82, 2.24) is 15.0 Å². The molecule has 0 amide bonds. The molecule has 0 radical (unpaired) electrons. The molecular weight excluding hydrogens is 359 g/mol. The number of hydrogen-bond acceptors (Lipinski definition) is 5. The molecular formula is C17H16Cl2N6. The van der Waals surface area contributed by atoms with Gasteiger partial charge in [0.05, 0.1) is 17.7 Å². The number of halogens is 2. The van der Waals surface area contributed by atoms with E-state index in [4.69, 9.17) is 23.2 Å². The van der Waals surface area contributed by atoms with Gasteiger partial charge < -0.3 is 5.32 Å². The number of fused-ring (bicyclic) bond motifs is 1. The molecule has 0 unspecified atom stereocenters. The molecule has 0 aliphatic heterocycles. The molecule has 0 bridgehead atoms. The molecule has 128 valence electrons. The molecule has 25 heavy (non-hydrogen) atoms. The molecule has 3 rings (SSSR count). The lowest BCUT2D eigenvalue weighted by Crippen LogP contribution is -2.12. The summed E-state index contributed by atoms with van der Waals surface area (Å²) in [4.78, 5) is 8.62. The van der Waals surface area contributed by atoms with Crippen molar-refractivity contribution in [2.75, 3.05) is 24.8 Å². The van der Waals surface area contributed by atoms with Crippen molar-refractivity contribution >= 4 is 51.3 Å². The first kappa shape index (κ1) is 17.4. The molecule has 8 heteroatoms. The van der Waals surface area contributed by atoms with Crippen LogP contribution in [0.3, 0.4) is 0 Å². The number of hydrogen-bond donors (Lipinski definition) is 1.